The van der Waals surface area contributed by atoms with Gasteiger partial charge in [0, 0.05) is 22.9 Å². The summed E-state index contributed by atoms with van der Waals surface area (Å²) in [5.41, 5.74) is 1.70. The number of nitrogens with one attached hydrogen (secondary N) is 1. The van der Waals surface area contributed by atoms with Gasteiger partial charge in [-0.2, -0.15) is 17.0 Å². The molecular weight excluding hydrogens is 276 g/mol. The summed E-state index contributed by atoms with van der Waals surface area (Å²) in [6.07, 6.45) is 3.83. The molecule has 0 aromatic heterocycles. The van der Waals surface area contributed by atoms with Gasteiger partial charge in [0.1, 0.15) is 0 Å². The van der Waals surface area contributed by atoms with Crippen LogP contribution in [0, 0.1) is 11.3 Å². The van der Waals surface area contributed by atoms with Gasteiger partial charge in [0.2, 0.25) is 0 Å². The predicted molar refractivity (Wildman–Crippen MR) is 82.6 cm³/mol. The average Bonchev–Trinajstić information content (AvgIpc) is 2.85. The van der Waals surface area contributed by atoms with Crippen LogP contribution in [-0.2, 0) is 6.54 Å². The second-order valence-corrected chi connectivity index (χ2v) is 6.87. The summed E-state index contributed by atoms with van der Waals surface area (Å²) in [4.78, 5) is 0. The summed E-state index contributed by atoms with van der Waals surface area (Å²) in [7, 11) is 0. The molecule has 2 nitrogen and oxygen atoms in total. The first-order valence-electron chi connectivity index (χ1n) is 6.76. The van der Waals surface area contributed by atoms with Gasteiger partial charge in [-0.15, -0.1) is 0 Å². The zero-order valence-corrected chi connectivity index (χ0v) is 12.7. The van der Waals surface area contributed by atoms with Crippen molar-refractivity contribution in [3.63, 3.8) is 0 Å². The van der Waals surface area contributed by atoms with Gasteiger partial charge in [0.15, 0.2) is 0 Å². The Morgan fingerprint density at radius 2 is 2.32 bits per heavy atom. The summed E-state index contributed by atoms with van der Waals surface area (Å²) in [5.74, 6) is 1.21. The number of halogens is 1. The van der Waals surface area contributed by atoms with Crippen molar-refractivity contribution in [3.8, 4) is 6.07 Å². The van der Waals surface area contributed by atoms with Crippen LogP contribution in [0.5, 0.6) is 0 Å². The Morgan fingerprint density at radius 1 is 1.47 bits per heavy atom. The number of thioether (sulfide) groups is 1. The largest absolute Gasteiger partial charge is 0.310 e. The van der Waals surface area contributed by atoms with Crippen LogP contribution in [0.3, 0.4) is 0 Å². The van der Waals surface area contributed by atoms with E-state index >= 15 is 0 Å². The molecule has 0 aliphatic heterocycles. The number of rotatable bonds is 5. The van der Waals surface area contributed by atoms with E-state index in [2.05, 4.69) is 30.1 Å². The molecule has 1 fully saturated rings. The van der Waals surface area contributed by atoms with E-state index < -0.39 is 0 Å². The van der Waals surface area contributed by atoms with Gasteiger partial charge in [-0.3, -0.25) is 0 Å². The lowest BCUT2D eigenvalue weighted by Gasteiger charge is -2.14. The van der Waals surface area contributed by atoms with Crippen molar-refractivity contribution in [2.24, 2.45) is 0 Å². The minimum absolute atomic E-state index is 0.607. The van der Waals surface area contributed by atoms with Gasteiger partial charge >= 0.3 is 0 Å². The first-order chi connectivity index (χ1) is 9.22. The number of hydrogen-bond acceptors (Lipinski definition) is 3. The molecule has 1 aromatic carbocycles. The molecule has 1 N–H and O–H groups in total. The van der Waals surface area contributed by atoms with E-state index in [0.717, 1.165) is 17.4 Å². The van der Waals surface area contributed by atoms with Crippen molar-refractivity contribution in [1.82, 2.24) is 5.32 Å². The molecule has 0 heterocycles. The van der Waals surface area contributed by atoms with E-state index in [1.54, 1.807) is 6.07 Å². The standard InChI is InChI=1S/C15H19ClN2S/c1-2-19-14-6-5-13(8-14)18-10-12-4-3-11(9-17)7-15(12)16/h3-4,7,13-14,18H,2,5-6,8,10H2,1H3. The number of benzene rings is 1. The lowest BCUT2D eigenvalue weighted by molar-refractivity contribution is 0.525. The fraction of sp³-hybridized carbons (Fsp3) is 0.533. The highest BCUT2D eigenvalue weighted by atomic mass is 35.5. The maximum Gasteiger partial charge on any atom is 0.0992 e. The first kappa shape index (κ1) is 14.7. The highest BCUT2D eigenvalue weighted by Gasteiger charge is 2.23. The van der Waals surface area contributed by atoms with E-state index in [9.17, 15) is 0 Å². The van der Waals surface area contributed by atoms with Gasteiger partial charge in [0.05, 0.1) is 11.6 Å². The summed E-state index contributed by atoms with van der Waals surface area (Å²) in [6.45, 7) is 3.01. The molecule has 0 saturated heterocycles. The molecule has 2 unspecified atom stereocenters. The van der Waals surface area contributed by atoms with Crippen molar-refractivity contribution in [2.75, 3.05) is 5.75 Å². The Balaban J connectivity index is 1.85. The molecule has 0 bridgehead atoms. The second-order valence-electron chi connectivity index (χ2n) is 4.89. The molecule has 1 aliphatic carbocycles. The second kappa shape index (κ2) is 7.19. The van der Waals surface area contributed by atoms with Crippen LogP contribution in [0.25, 0.3) is 0 Å². The quantitative estimate of drug-likeness (QED) is 0.892. The van der Waals surface area contributed by atoms with Crippen LogP contribution >= 0.6 is 23.4 Å². The molecule has 2 atom stereocenters. The Hall–Kier alpha value is -0.690. The maximum absolute atomic E-state index is 8.81. The van der Waals surface area contributed by atoms with Crippen molar-refractivity contribution in [3.05, 3.63) is 34.3 Å². The third-order valence-electron chi connectivity index (χ3n) is 3.55. The summed E-state index contributed by atoms with van der Waals surface area (Å²) < 4.78 is 0. The Labute approximate surface area is 124 Å². The van der Waals surface area contributed by atoms with Gasteiger partial charge < -0.3 is 5.32 Å². The van der Waals surface area contributed by atoms with E-state index in [1.807, 2.05) is 12.1 Å². The first-order valence-corrected chi connectivity index (χ1v) is 8.19. The van der Waals surface area contributed by atoms with Gasteiger partial charge in [-0.1, -0.05) is 24.6 Å². The van der Waals surface area contributed by atoms with Crippen LogP contribution < -0.4 is 5.32 Å². The van der Waals surface area contributed by atoms with Crippen LogP contribution in [0.2, 0.25) is 5.02 Å². The number of hydrogen-bond donors (Lipinski definition) is 1. The molecule has 19 heavy (non-hydrogen) atoms. The fourth-order valence-electron chi connectivity index (χ4n) is 2.53. The molecule has 1 saturated carbocycles. The molecular formula is C15H19ClN2S. The van der Waals surface area contributed by atoms with Crippen molar-refractivity contribution < 1.29 is 0 Å². The van der Waals surface area contributed by atoms with Gasteiger partial charge in [0.25, 0.3) is 0 Å². The average molecular weight is 295 g/mol. The van der Waals surface area contributed by atoms with E-state index in [1.165, 1.54) is 25.0 Å². The van der Waals surface area contributed by atoms with Crippen molar-refractivity contribution in [1.29, 1.82) is 5.26 Å². The third kappa shape index (κ3) is 4.14. The lowest BCUT2D eigenvalue weighted by Crippen LogP contribution is -2.26. The molecule has 4 heteroatoms. The van der Waals surface area contributed by atoms with E-state index in [4.69, 9.17) is 16.9 Å². The zero-order valence-electron chi connectivity index (χ0n) is 11.2. The number of nitrogens with zero attached hydrogens (tertiary/aromatic N) is 1. The van der Waals surface area contributed by atoms with E-state index in [-0.39, 0.29) is 0 Å². The van der Waals surface area contributed by atoms with Crippen molar-refractivity contribution in [2.45, 2.75) is 44.0 Å². The topological polar surface area (TPSA) is 35.8 Å². The molecule has 0 amide bonds. The molecule has 0 radical (unpaired) electrons. The monoisotopic (exact) mass is 294 g/mol. The van der Waals surface area contributed by atoms with E-state index in [0.29, 0.717) is 16.6 Å². The van der Waals surface area contributed by atoms with Gasteiger partial charge in [-0.05, 0) is 42.7 Å². The molecule has 2 rings (SSSR count). The summed E-state index contributed by atoms with van der Waals surface area (Å²) in [5, 5.41) is 13.9. The minimum Gasteiger partial charge on any atom is -0.310 e. The molecule has 1 aromatic rings. The van der Waals surface area contributed by atoms with Crippen molar-refractivity contribution >= 4 is 23.4 Å². The minimum atomic E-state index is 0.607. The van der Waals surface area contributed by atoms with Crippen LogP contribution in [0.15, 0.2) is 18.2 Å². The molecule has 1 aliphatic rings. The summed E-state index contributed by atoms with van der Waals surface area (Å²) >= 11 is 8.25. The lowest BCUT2D eigenvalue weighted by atomic mass is 10.1. The van der Waals surface area contributed by atoms with Gasteiger partial charge in [-0.25, -0.2) is 0 Å². The normalized spacial score (nSPS) is 22.4. The highest BCUT2D eigenvalue weighted by molar-refractivity contribution is 7.99. The third-order valence-corrected chi connectivity index (χ3v) is 5.13. The van der Waals surface area contributed by atoms with Crippen LogP contribution in [-0.4, -0.2) is 17.0 Å². The maximum atomic E-state index is 8.81. The SMILES string of the molecule is CCSC1CCC(NCc2ccc(C#N)cc2Cl)C1. The molecule has 102 valence electrons. The summed E-state index contributed by atoms with van der Waals surface area (Å²) in [6, 6.07) is 8.22. The van der Waals surface area contributed by atoms with Crippen LogP contribution in [0.1, 0.15) is 37.3 Å². The zero-order chi connectivity index (χ0) is 13.7. The molecule has 0 spiro atoms. The predicted octanol–water partition coefficient (Wildman–Crippen LogP) is 3.98. The fourth-order valence-corrected chi connectivity index (χ4v) is 3.92. The highest BCUT2D eigenvalue weighted by Crippen LogP contribution is 2.30. The van der Waals surface area contributed by atoms with Crippen LogP contribution in [0.4, 0.5) is 0 Å². The Kier molecular flexibility index (Phi) is 5.57. The Bertz CT molecular complexity index is 470. The smallest absolute Gasteiger partial charge is 0.0992 e. The Morgan fingerprint density at radius 3 is 3.00 bits per heavy atom. The number of nitriles is 1.